The van der Waals surface area contributed by atoms with E-state index >= 15 is 0 Å². The fourth-order valence-electron chi connectivity index (χ4n) is 1.64. The summed E-state index contributed by atoms with van der Waals surface area (Å²) in [5, 5.41) is 13.9. The second kappa shape index (κ2) is 7.11. The lowest BCUT2D eigenvalue weighted by atomic mass is 10.1. The number of nitrogens with zero attached hydrogens (tertiary/aromatic N) is 2. The van der Waals surface area contributed by atoms with Gasteiger partial charge in [0.2, 0.25) is 5.89 Å². The Balaban J connectivity index is 0.00000180. The molecule has 1 aromatic heterocycles. The maximum Gasteiger partial charge on any atom is 0.315 e. The predicted octanol–water partition coefficient (Wildman–Crippen LogP) is 2.44. The number of halogens is 1. The third-order valence-electron chi connectivity index (χ3n) is 2.81. The minimum absolute atomic E-state index is 0. The van der Waals surface area contributed by atoms with Crippen LogP contribution in [0.3, 0.4) is 0 Å². The fourth-order valence-corrected chi connectivity index (χ4v) is 1.64. The molecule has 2 N–H and O–H groups in total. The van der Waals surface area contributed by atoms with Crippen molar-refractivity contribution in [3.05, 3.63) is 40.8 Å². The highest BCUT2D eigenvalue weighted by atomic mass is 35.5. The second-order valence-corrected chi connectivity index (χ2v) is 4.30. The Morgan fingerprint density at radius 2 is 1.89 bits per heavy atom. The van der Waals surface area contributed by atoms with Crippen LogP contribution in [0.4, 0.5) is 6.01 Å². The highest BCUT2D eigenvalue weighted by Gasteiger charge is 2.04. The zero-order valence-corrected chi connectivity index (χ0v) is 12.2. The minimum atomic E-state index is 0. The van der Waals surface area contributed by atoms with Gasteiger partial charge in [-0.3, -0.25) is 0 Å². The van der Waals surface area contributed by atoms with Gasteiger partial charge in [0.1, 0.15) is 0 Å². The molecule has 0 saturated carbocycles. The summed E-state index contributed by atoms with van der Waals surface area (Å²) in [4.78, 5) is 0. The molecule has 0 aliphatic rings. The molecule has 0 bridgehead atoms. The van der Waals surface area contributed by atoms with E-state index in [4.69, 9.17) is 4.42 Å². The van der Waals surface area contributed by atoms with Gasteiger partial charge in [-0.1, -0.05) is 23.3 Å². The molecule has 1 aromatic carbocycles. The molecule has 2 rings (SSSR count). The van der Waals surface area contributed by atoms with Crippen LogP contribution in [0.15, 0.2) is 22.6 Å². The monoisotopic (exact) mass is 282 g/mol. The maximum absolute atomic E-state index is 5.40. The average Bonchev–Trinajstić information content (AvgIpc) is 2.79. The topological polar surface area (TPSA) is 63.0 Å². The van der Waals surface area contributed by atoms with Crippen LogP contribution in [-0.2, 0) is 13.1 Å². The van der Waals surface area contributed by atoms with Gasteiger partial charge in [0.15, 0.2) is 0 Å². The van der Waals surface area contributed by atoms with Crippen LogP contribution in [-0.4, -0.2) is 17.2 Å². The number of rotatable bonds is 5. The van der Waals surface area contributed by atoms with E-state index in [1.54, 1.807) is 0 Å². The van der Waals surface area contributed by atoms with Crippen molar-refractivity contribution in [1.82, 2.24) is 15.5 Å². The molecular weight excluding hydrogens is 264 g/mol. The minimum Gasteiger partial charge on any atom is -0.407 e. The number of anilines is 1. The van der Waals surface area contributed by atoms with Crippen molar-refractivity contribution in [2.75, 3.05) is 12.4 Å². The molecule has 104 valence electrons. The number of benzene rings is 1. The molecule has 0 atom stereocenters. The first kappa shape index (κ1) is 15.5. The van der Waals surface area contributed by atoms with Crippen LogP contribution >= 0.6 is 12.4 Å². The van der Waals surface area contributed by atoms with Gasteiger partial charge in [-0.2, -0.15) is 0 Å². The first-order valence-corrected chi connectivity index (χ1v) is 5.96. The number of nitrogens with one attached hydrogen (secondary N) is 2. The van der Waals surface area contributed by atoms with Crippen LogP contribution in [0.2, 0.25) is 0 Å². The largest absolute Gasteiger partial charge is 0.407 e. The highest BCUT2D eigenvalue weighted by molar-refractivity contribution is 5.85. The van der Waals surface area contributed by atoms with Crippen molar-refractivity contribution in [2.24, 2.45) is 0 Å². The highest BCUT2D eigenvalue weighted by Crippen LogP contribution is 2.12. The van der Waals surface area contributed by atoms with E-state index in [1.807, 2.05) is 7.05 Å². The normalized spacial score (nSPS) is 10.1. The Hall–Kier alpha value is -1.59. The molecular formula is C13H19ClN4O. The van der Waals surface area contributed by atoms with Crippen LogP contribution in [0, 0.1) is 13.8 Å². The molecule has 0 unspecified atom stereocenters. The Morgan fingerprint density at radius 3 is 2.58 bits per heavy atom. The molecule has 1 heterocycles. The number of hydrogen-bond acceptors (Lipinski definition) is 5. The van der Waals surface area contributed by atoms with Crippen molar-refractivity contribution >= 4 is 18.4 Å². The van der Waals surface area contributed by atoms with Crippen molar-refractivity contribution in [2.45, 2.75) is 26.9 Å². The molecule has 0 fully saturated rings. The van der Waals surface area contributed by atoms with E-state index in [0.29, 0.717) is 25.0 Å². The van der Waals surface area contributed by atoms with E-state index in [2.05, 4.69) is 52.9 Å². The summed E-state index contributed by atoms with van der Waals surface area (Å²) in [5.41, 5.74) is 3.79. The summed E-state index contributed by atoms with van der Waals surface area (Å²) in [6.07, 6.45) is 0. The molecule has 0 saturated heterocycles. The Morgan fingerprint density at radius 1 is 1.11 bits per heavy atom. The second-order valence-electron chi connectivity index (χ2n) is 4.30. The van der Waals surface area contributed by atoms with Crippen LogP contribution < -0.4 is 10.6 Å². The fraction of sp³-hybridized carbons (Fsp3) is 0.385. The maximum atomic E-state index is 5.40. The van der Waals surface area contributed by atoms with Crippen molar-refractivity contribution in [1.29, 1.82) is 0 Å². The summed E-state index contributed by atoms with van der Waals surface area (Å²) >= 11 is 0. The number of aromatic nitrogens is 2. The molecule has 6 heteroatoms. The van der Waals surface area contributed by atoms with Gasteiger partial charge in [0, 0.05) is 6.54 Å². The van der Waals surface area contributed by atoms with Gasteiger partial charge in [-0.05, 0) is 37.6 Å². The standard InChI is InChI=1S/C13H18N4O.ClH/c1-9-4-5-11(6-10(9)2)7-15-13-17-16-12(18-13)8-14-3;/h4-6,14H,7-8H2,1-3H3,(H,15,17);1H. The zero-order chi connectivity index (χ0) is 13.0. The first-order chi connectivity index (χ1) is 8.69. The molecule has 0 amide bonds. The summed E-state index contributed by atoms with van der Waals surface area (Å²) in [6, 6.07) is 6.83. The Kier molecular flexibility index (Phi) is 5.79. The van der Waals surface area contributed by atoms with E-state index in [-0.39, 0.29) is 12.4 Å². The molecule has 0 spiro atoms. The molecule has 0 radical (unpaired) electrons. The van der Waals surface area contributed by atoms with Crippen LogP contribution in [0.5, 0.6) is 0 Å². The zero-order valence-electron chi connectivity index (χ0n) is 11.4. The van der Waals surface area contributed by atoms with E-state index in [9.17, 15) is 0 Å². The van der Waals surface area contributed by atoms with Gasteiger partial charge >= 0.3 is 6.01 Å². The van der Waals surface area contributed by atoms with E-state index in [0.717, 1.165) is 0 Å². The van der Waals surface area contributed by atoms with Crippen LogP contribution in [0.1, 0.15) is 22.6 Å². The SMILES string of the molecule is CNCc1nnc(NCc2ccc(C)c(C)c2)o1.Cl. The molecule has 0 aliphatic heterocycles. The predicted molar refractivity (Wildman–Crippen MR) is 77.6 cm³/mol. The lowest BCUT2D eigenvalue weighted by Gasteiger charge is -2.05. The molecule has 0 aliphatic carbocycles. The Labute approximate surface area is 119 Å². The number of hydrogen-bond donors (Lipinski definition) is 2. The molecule has 5 nitrogen and oxygen atoms in total. The average molecular weight is 283 g/mol. The van der Waals surface area contributed by atoms with Gasteiger partial charge in [0.25, 0.3) is 0 Å². The molecule has 2 aromatic rings. The van der Waals surface area contributed by atoms with Gasteiger partial charge < -0.3 is 15.1 Å². The van der Waals surface area contributed by atoms with E-state index < -0.39 is 0 Å². The lowest BCUT2D eigenvalue weighted by Crippen LogP contribution is -2.04. The first-order valence-electron chi connectivity index (χ1n) is 5.96. The smallest absolute Gasteiger partial charge is 0.315 e. The quantitative estimate of drug-likeness (QED) is 0.882. The summed E-state index contributed by atoms with van der Waals surface area (Å²) in [7, 11) is 1.84. The molecule has 19 heavy (non-hydrogen) atoms. The van der Waals surface area contributed by atoms with Crippen molar-refractivity contribution < 1.29 is 4.42 Å². The van der Waals surface area contributed by atoms with Crippen molar-refractivity contribution in [3.63, 3.8) is 0 Å². The lowest BCUT2D eigenvalue weighted by molar-refractivity contribution is 0.489. The summed E-state index contributed by atoms with van der Waals surface area (Å²) < 4.78 is 5.40. The summed E-state index contributed by atoms with van der Waals surface area (Å²) in [5.74, 6) is 0.583. The van der Waals surface area contributed by atoms with Crippen LogP contribution in [0.25, 0.3) is 0 Å². The third kappa shape index (κ3) is 4.22. The summed E-state index contributed by atoms with van der Waals surface area (Å²) in [6.45, 7) is 5.48. The Bertz CT molecular complexity index is 527. The van der Waals surface area contributed by atoms with E-state index in [1.165, 1.54) is 16.7 Å². The third-order valence-corrected chi connectivity index (χ3v) is 2.81. The van der Waals surface area contributed by atoms with Gasteiger partial charge in [0.05, 0.1) is 6.54 Å². The van der Waals surface area contributed by atoms with Crippen molar-refractivity contribution in [3.8, 4) is 0 Å². The van der Waals surface area contributed by atoms with Gasteiger partial charge in [-0.25, -0.2) is 0 Å². The number of aryl methyl sites for hydroxylation is 2. The van der Waals surface area contributed by atoms with Gasteiger partial charge in [-0.15, -0.1) is 17.5 Å².